The molecule has 4 N–H and O–H groups in total. The average Bonchev–Trinajstić information content (AvgIpc) is 3.44. The number of hydrogen-bond acceptors (Lipinski definition) is 6. The van der Waals surface area contributed by atoms with Crippen molar-refractivity contribution < 1.29 is 13.2 Å². The Hall–Kier alpha value is -1.94. The molecule has 3 heterocycles. The molecule has 5 rings (SSSR count). The van der Waals surface area contributed by atoms with Gasteiger partial charge >= 0.3 is 0 Å². The summed E-state index contributed by atoms with van der Waals surface area (Å²) in [6.07, 6.45) is 5.51. The maximum absolute atomic E-state index is 12.3. The van der Waals surface area contributed by atoms with Crippen LogP contribution in [0.5, 0.6) is 0 Å². The number of anilines is 1. The van der Waals surface area contributed by atoms with Gasteiger partial charge in [0.05, 0.1) is 17.0 Å². The molecule has 1 aliphatic carbocycles. The van der Waals surface area contributed by atoms with Crippen molar-refractivity contribution in [2.24, 2.45) is 11.7 Å². The van der Waals surface area contributed by atoms with Crippen molar-refractivity contribution in [3.63, 3.8) is 0 Å². The number of sulfonamides is 1. The molecule has 2 aliphatic heterocycles. The highest BCUT2D eigenvalue weighted by Crippen LogP contribution is 2.44. The second-order valence-corrected chi connectivity index (χ2v) is 13.0. The average molecular weight is 503 g/mol. The van der Waals surface area contributed by atoms with Crippen molar-refractivity contribution in [2.45, 2.75) is 57.5 Å². The van der Waals surface area contributed by atoms with E-state index in [2.05, 4.69) is 28.1 Å². The quantitative estimate of drug-likeness (QED) is 0.510. The number of nitrogens with two attached hydrogens (primary N) is 1. The van der Waals surface area contributed by atoms with E-state index in [0.29, 0.717) is 30.6 Å². The Kier molecular flexibility index (Phi) is 6.72. The minimum atomic E-state index is -3.14. The van der Waals surface area contributed by atoms with E-state index in [1.165, 1.54) is 24.1 Å². The van der Waals surface area contributed by atoms with Crippen LogP contribution in [0.3, 0.4) is 0 Å². The number of primary amides is 1. The fourth-order valence-corrected chi connectivity index (χ4v) is 7.46. The van der Waals surface area contributed by atoms with Crippen molar-refractivity contribution in [2.75, 3.05) is 30.7 Å². The Morgan fingerprint density at radius 2 is 1.94 bits per heavy atom. The first-order valence-corrected chi connectivity index (χ1v) is 14.8. The van der Waals surface area contributed by atoms with Gasteiger partial charge in [0.25, 0.3) is 5.91 Å². The zero-order valence-corrected chi connectivity index (χ0v) is 21.3. The van der Waals surface area contributed by atoms with E-state index in [1.54, 1.807) is 22.6 Å². The zero-order chi connectivity index (χ0) is 23.9. The van der Waals surface area contributed by atoms with Crippen molar-refractivity contribution in [3.05, 3.63) is 39.6 Å². The molecular weight excluding hydrogens is 468 g/mol. The van der Waals surface area contributed by atoms with E-state index >= 15 is 0 Å². The number of piperidine rings is 1. The zero-order valence-electron chi connectivity index (χ0n) is 19.7. The predicted molar refractivity (Wildman–Crippen MR) is 138 cm³/mol. The van der Waals surface area contributed by atoms with Gasteiger partial charge in [-0.05, 0) is 78.8 Å². The van der Waals surface area contributed by atoms with Crippen LogP contribution in [0.25, 0.3) is 11.1 Å². The summed E-state index contributed by atoms with van der Waals surface area (Å²) in [6, 6.07) is 7.00. The number of hydrogen-bond donors (Lipinski definition) is 3. The SMILES string of the molecule is CCS(=O)(=O)N1CCC(C2CNc3c(C(N)=O)cc(-c4csc(CNC5CCC5)c4)cc32)CC1. The van der Waals surface area contributed by atoms with Crippen LogP contribution in [0.15, 0.2) is 23.6 Å². The minimum absolute atomic E-state index is 0.148. The molecule has 1 unspecified atom stereocenters. The minimum Gasteiger partial charge on any atom is -0.384 e. The molecule has 0 radical (unpaired) electrons. The fourth-order valence-electron chi connectivity index (χ4n) is 5.48. The number of fused-ring (bicyclic) bond motifs is 1. The topological polar surface area (TPSA) is 105 Å². The first-order valence-electron chi connectivity index (χ1n) is 12.4. The van der Waals surface area contributed by atoms with Gasteiger partial charge in [-0.2, -0.15) is 0 Å². The van der Waals surface area contributed by atoms with Gasteiger partial charge in [-0.25, -0.2) is 12.7 Å². The third-order valence-corrected chi connectivity index (χ3v) is 10.6. The van der Waals surface area contributed by atoms with E-state index in [9.17, 15) is 13.2 Å². The lowest BCUT2D eigenvalue weighted by atomic mass is 9.80. The van der Waals surface area contributed by atoms with Crippen molar-refractivity contribution >= 4 is 33.0 Å². The lowest BCUT2D eigenvalue weighted by molar-refractivity contribution is 0.100. The molecule has 1 saturated heterocycles. The molecule has 1 aromatic carbocycles. The van der Waals surface area contributed by atoms with E-state index in [-0.39, 0.29) is 11.7 Å². The molecule has 1 amide bonds. The van der Waals surface area contributed by atoms with Crippen molar-refractivity contribution in [3.8, 4) is 11.1 Å². The maximum Gasteiger partial charge on any atom is 0.250 e. The van der Waals surface area contributed by atoms with Crippen LogP contribution in [0.2, 0.25) is 0 Å². The van der Waals surface area contributed by atoms with E-state index in [0.717, 1.165) is 48.3 Å². The number of benzene rings is 1. The highest BCUT2D eigenvalue weighted by Gasteiger charge is 2.36. The lowest BCUT2D eigenvalue weighted by Gasteiger charge is -2.34. The van der Waals surface area contributed by atoms with Crippen LogP contribution in [0, 0.1) is 5.92 Å². The van der Waals surface area contributed by atoms with Gasteiger partial charge in [0.2, 0.25) is 10.0 Å². The number of carbonyl (C=O) groups is 1. The van der Waals surface area contributed by atoms with Gasteiger partial charge in [-0.1, -0.05) is 6.42 Å². The Morgan fingerprint density at radius 3 is 2.59 bits per heavy atom. The highest BCUT2D eigenvalue weighted by molar-refractivity contribution is 7.89. The van der Waals surface area contributed by atoms with Crippen molar-refractivity contribution in [1.29, 1.82) is 0 Å². The molecule has 1 aromatic heterocycles. The van der Waals surface area contributed by atoms with Crippen LogP contribution in [-0.4, -0.2) is 50.1 Å². The number of nitrogens with zero attached hydrogens (tertiary/aromatic N) is 1. The van der Waals surface area contributed by atoms with E-state index in [4.69, 9.17) is 5.73 Å². The lowest BCUT2D eigenvalue weighted by Crippen LogP contribution is -2.40. The third-order valence-electron chi connectivity index (χ3n) is 7.82. The number of nitrogens with one attached hydrogen (secondary N) is 2. The molecule has 2 aromatic rings. The summed E-state index contributed by atoms with van der Waals surface area (Å²) in [4.78, 5) is 13.6. The summed E-state index contributed by atoms with van der Waals surface area (Å²) in [6.45, 7) is 4.47. The standard InChI is InChI=1S/C25H34N4O3S2/c1-2-34(31,32)29-8-6-16(7-9-29)23-14-28-24-21(23)11-17(12-22(24)25(26)30)18-10-20(33-15-18)13-27-19-4-3-5-19/h10-12,15-16,19,23,27-28H,2-9,13-14H2,1H3,(H2,26,30). The van der Waals surface area contributed by atoms with E-state index < -0.39 is 15.9 Å². The van der Waals surface area contributed by atoms with Crippen LogP contribution in [0.4, 0.5) is 5.69 Å². The van der Waals surface area contributed by atoms with Gasteiger partial charge in [0.1, 0.15) is 0 Å². The summed E-state index contributed by atoms with van der Waals surface area (Å²) in [7, 11) is -3.14. The summed E-state index contributed by atoms with van der Waals surface area (Å²) in [5.41, 5.74) is 10.5. The predicted octanol–water partition coefficient (Wildman–Crippen LogP) is 3.73. The van der Waals surface area contributed by atoms with Crippen LogP contribution >= 0.6 is 11.3 Å². The van der Waals surface area contributed by atoms with Crippen LogP contribution in [0.1, 0.15) is 65.7 Å². The number of thiophene rings is 1. The number of carbonyl (C=O) groups excluding carboxylic acids is 1. The molecular formula is C25H34N4O3S2. The number of amides is 1. The molecule has 184 valence electrons. The highest BCUT2D eigenvalue weighted by atomic mass is 32.2. The molecule has 0 bridgehead atoms. The molecule has 9 heteroatoms. The summed E-state index contributed by atoms with van der Waals surface area (Å²) in [5.74, 6) is 0.350. The van der Waals surface area contributed by atoms with Gasteiger partial charge in [0, 0.05) is 43.0 Å². The second kappa shape index (κ2) is 9.60. The maximum atomic E-state index is 12.3. The first-order chi connectivity index (χ1) is 16.4. The smallest absolute Gasteiger partial charge is 0.250 e. The second-order valence-electron chi connectivity index (χ2n) is 9.79. The Bertz CT molecular complexity index is 1160. The normalized spacial score (nSPS) is 21.7. The molecule has 1 atom stereocenters. The van der Waals surface area contributed by atoms with Gasteiger partial charge in [-0.3, -0.25) is 4.79 Å². The Morgan fingerprint density at radius 1 is 1.18 bits per heavy atom. The van der Waals surface area contributed by atoms with E-state index in [1.807, 2.05) is 6.07 Å². The number of rotatable bonds is 8. The molecule has 0 spiro atoms. The first kappa shape index (κ1) is 23.8. The Balaban J connectivity index is 1.37. The monoisotopic (exact) mass is 502 g/mol. The molecule has 1 saturated carbocycles. The van der Waals surface area contributed by atoms with Crippen LogP contribution < -0.4 is 16.4 Å². The van der Waals surface area contributed by atoms with Gasteiger partial charge in [-0.15, -0.1) is 11.3 Å². The molecule has 3 aliphatic rings. The molecule has 2 fully saturated rings. The van der Waals surface area contributed by atoms with Crippen LogP contribution in [-0.2, 0) is 16.6 Å². The third kappa shape index (κ3) is 4.63. The molecule has 34 heavy (non-hydrogen) atoms. The van der Waals surface area contributed by atoms with Gasteiger partial charge < -0.3 is 16.4 Å². The summed E-state index contributed by atoms with van der Waals surface area (Å²) in [5, 5.41) is 9.22. The van der Waals surface area contributed by atoms with Crippen molar-refractivity contribution in [1.82, 2.24) is 9.62 Å². The molecule has 7 nitrogen and oxygen atoms in total. The summed E-state index contributed by atoms with van der Waals surface area (Å²) < 4.78 is 26.2. The van der Waals surface area contributed by atoms with Gasteiger partial charge in [0.15, 0.2) is 0 Å². The fraction of sp³-hybridized carbons (Fsp3) is 0.560. The summed E-state index contributed by atoms with van der Waals surface area (Å²) >= 11 is 1.75. The Labute approximate surface area is 206 Å². The largest absolute Gasteiger partial charge is 0.384 e.